The molecule has 30 heavy (non-hydrogen) atoms. The van der Waals surface area contributed by atoms with Crippen LogP contribution in [0.4, 0.5) is 5.69 Å². The van der Waals surface area contributed by atoms with E-state index in [2.05, 4.69) is 33.9 Å². The third kappa shape index (κ3) is 5.72. The van der Waals surface area contributed by atoms with E-state index in [1.165, 1.54) is 16.4 Å². The van der Waals surface area contributed by atoms with Crippen LogP contribution in [0.3, 0.4) is 0 Å². The third-order valence-electron chi connectivity index (χ3n) is 5.41. The van der Waals surface area contributed by atoms with E-state index < -0.39 is 24.4 Å². The summed E-state index contributed by atoms with van der Waals surface area (Å²) >= 11 is 18.5. The summed E-state index contributed by atoms with van der Waals surface area (Å²) in [6, 6.07) is 10.3. The number of benzene rings is 2. The van der Waals surface area contributed by atoms with Crippen molar-refractivity contribution >= 4 is 58.8 Å². The van der Waals surface area contributed by atoms with Crippen molar-refractivity contribution in [1.29, 1.82) is 0 Å². The lowest BCUT2D eigenvalue weighted by atomic mass is 10.2. The first-order chi connectivity index (χ1) is 13.7. The summed E-state index contributed by atoms with van der Waals surface area (Å²) in [5, 5.41) is 1.13. The summed E-state index contributed by atoms with van der Waals surface area (Å²) in [7, 11) is -6.03. The molecule has 1 atom stereocenters. The molecular formula is C21H28Cl3NO3SSi. The molecule has 2 aromatic rings. The molecule has 0 aromatic heterocycles. The fourth-order valence-electron chi connectivity index (χ4n) is 2.59. The zero-order valence-corrected chi connectivity index (χ0v) is 22.1. The topological polar surface area (TPSA) is 46.6 Å². The van der Waals surface area contributed by atoms with Gasteiger partial charge in [0.15, 0.2) is 8.32 Å². The summed E-state index contributed by atoms with van der Waals surface area (Å²) in [4.78, 5) is 0.113. The van der Waals surface area contributed by atoms with Crippen LogP contribution in [0.15, 0.2) is 47.4 Å². The quantitative estimate of drug-likeness (QED) is 0.370. The molecule has 2 aromatic carbocycles. The smallest absolute Gasteiger partial charge is 0.264 e. The number of halogens is 3. The van der Waals surface area contributed by atoms with E-state index in [0.717, 1.165) is 0 Å². The van der Waals surface area contributed by atoms with E-state index >= 15 is 0 Å². The van der Waals surface area contributed by atoms with Crippen LogP contribution >= 0.6 is 34.8 Å². The van der Waals surface area contributed by atoms with E-state index in [0.29, 0.717) is 15.7 Å². The van der Waals surface area contributed by atoms with Gasteiger partial charge in [-0.25, -0.2) is 8.42 Å². The Morgan fingerprint density at radius 3 is 2.07 bits per heavy atom. The molecule has 0 radical (unpaired) electrons. The molecule has 166 valence electrons. The molecule has 0 N–H and O–H groups in total. The second-order valence-electron chi connectivity index (χ2n) is 8.77. The van der Waals surface area contributed by atoms with Crippen LogP contribution in [0.1, 0.15) is 27.7 Å². The Labute approximate surface area is 196 Å². The van der Waals surface area contributed by atoms with Gasteiger partial charge in [-0.2, -0.15) is 0 Å². The Morgan fingerprint density at radius 2 is 1.53 bits per heavy atom. The molecule has 0 saturated carbocycles. The van der Waals surface area contributed by atoms with Crippen molar-refractivity contribution in [2.45, 2.75) is 56.8 Å². The van der Waals surface area contributed by atoms with Gasteiger partial charge in [-0.15, -0.1) is 0 Å². The average molecular weight is 509 g/mol. The van der Waals surface area contributed by atoms with Crippen molar-refractivity contribution in [1.82, 2.24) is 0 Å². The molecule has 0 aliphatic rings. The maximum atomic E-state index is 13.6. The van der Waals surface area contributed by atoms with E-state index in [4.69, 9.17) is 39.2 Å². The summed E-state index contributed by atoms with van der Waals surface area (Å²) < 4.78 is 34.8. The number of anilines is 1. The van der Waals surface area contributed by atoms with E-state index in [1.807, 2.05) is 0 Å². The SMILES string of the molecule is C[C@H](CO[Si](C)(C)C(C)(C)C)N(c1cc(Cl)ccc1Cl)S(=O)(=O)c1ccc(Cl)cc1. The monoisotopic (exact) mass is 507 g/mol. The van der Waals surface area contributed by atoms with Crippen molar-refractivity contribution in [3.8, 4) is 0 Å². The number of hydrogen-bond donors (Lipinski definition) is 0. The number of nitrogens with zero attached hydrogens (tertiary/aromatic N) is 1. The van der Waals surface area contributed by atoms with Crippen molar-refractivity contribution in [3.05, 3.63) is 57.5 Å². The predicted octanol–water partition coefficient (Wildman–Crippen LogP) is 7.25. The molecule has 0 heterocycles. The molecule has 0 amide bonds. The Bertz CT molecular complexity index is 990. The summed E-state index contributed by atoms with van der Waals surface area (Å²) in [5.74, 6) is 0. The second-order valence-corrected chi connectivity index (χ2v) is 16.7. The van der Waals surface area contributed by atoms with Crippen molar-refractivity contribution in [2.24, 2.45) is 0 Å². The molecule has 0 saturated heterocycles. The summed E-state index contributed by atoms with van der Waals surface area (Å²) in [5.41, 5.74) is 0.311. The summed E-state index contributed by atoms with van der Waals surface area (Å²) in [6.07, 6.45) is 0. The highest BCUT2D eigenvalue weighted by Crippen LogP contribution is 2.38. The van der Waals surface area contributed by atoms with E-state index in [9.17, 15) is 8.42 Å². The maximum absolute atomic E-state index is 13.6. The van der Waals surface area contributed by atoms with Crippen LogP contribution in [0.5, 0.6) is 0 Å². The second kappa shape index (κ2) is 9.39. The van der Waals surface area contributed by atoms with Gasteiger partial charge in [0.05, 0.1) is 28.3 Å². The Kier molecular flexibility index (Phi) is 7.98. The summed E-state index contributed by atoms with van der Waals surface area (Å²) in [6.45, 7) is 12.7. The van der Waals surface area contributed by atoms with Crippen LogP contribution in [-0.4, -0.2) is 29.4 Å². The Hall–Kier alpha value is -0.763. The van der Waals surface area contributed by atoms with Crippen LogP contribution in [-0.2, 0) is 14.4 Å². The lowest BCUT2D eigenvalue weighted by Gasteiger charge is -2.39. The highest BCUT2D eigenvalue weighted by molar-refractivity contribution is 7.92. The van der Waals surface area contributed by atoms with Crippen LogP contribution in [0, 0.1) is 0 Å². The van der Waals surface area contributed by atoms with Gasteiger partial charge in [0.1, 0.15) is 0 Å². The van der Waals surface area contributed by atoms with Crippen LogP contribution in [0.25, 0.3) is 0 Å². The Morgan fingerprint density at radius 1 is 1.00 bits per heavy atom. The largest absolute Gasteiger partial charge is 0.415 e. The first-order valence-electron chi connectivity index (χ1n) is 9.56. The van der Waals surface area contributed by atoms with Gasteiger partial charge in [0, 0.05) is 10.0 Å². The van der Waals surface area contributed by atoms with Crippen LogP contribution in [0.2, 0.25) is 33.2 Å². The lowest BCUT2D eigenvalue weighted by Crippen LogP contribution is -2.47. The molecule has 0 aliphatic heterocycles. The fourth-order valence-corrected chi connectivity index (χ4v) is 5.89. The van der Waals surface area contributed by atoms with Gasteiger partial charge in [0.2, 0.25) is 0 Å². The maximum Gasteiger partial charge on any atom is 0.264 e. The normalized spacial score (nSPS) is 13.9. The minimum Gasteiger partial charge on any atom is -0.415 e. The van der Waals surface area contributed by atoms with Gasteiger partial charge in [-0.3, -0.25) is 4.31 Å². The first kappa shape index (κ1) is 25.5. The van der Waals surface area contributed by atoms with E-state index in [-0.39, 0.29) is 21.6 Å². The van der Waals surface area contributed by atoms with Crippen molar-refractivity contribution in [2.75, 3.05) is 10.9 Å². The van der Waals surface area contributed by atoms with Gasteiger partial charge in [0.25, 0.3) is 10.0 Å². The molecule has 0 aliphatic carbocycles. The minimum atomic E-state index is -3.95. The molecule has 4 nitrogen and oxygen atoms in total. The molecule has 0 bridgehead atoms. The van der Waals surface area contributed by atoms with Crippen molar-refractivity contribution < 1.29 is 12.8 Å². The molecule has 0 fully saturated rings. The number of hydrogen-bond acceptors (Lipinski definition) is 3. The zero-order valence-electron chi connectivity index (χ0n) is 18.0. The number of sulfonamides is 1. The highest BCUT2D eigenvalue weighted by Gasteiger charge is 2.39. The molecule has 0 unspecified atom stereocenters. The van der Waals surface area contributed by atoms with Gasteiger partial charge in [-0.1, -0.05) is 55.6 Å². The standard InChI is InChI=1S/C21H28Cl3NO3SSi/c1-15(14-28-30(5,6)21(2,3)4)25(20-13-17(23)9-12-19(20)24)29(26,27)18-10-7-16(22)8-11-18/h7-13,15H,14H2,1-6H3/t15-/m1/s1. The third-order valence-corrected chi connectivity index (χ3v) is 12.7. The van der Waals surface area contributed by atoms with Crippen molar-refractivity contribution in [3.63, 3.8) is 0 Å². The zero-order chi connectivity index (χ0) is 22.9. The van der Waals surface area contributed by atoms with Gasteiger partial charge in [-0.05, 0) is 67.5 Å². The minimum absolute atomic E-state index is 0.000302. The Balaban J connectivity index is 2.51. The number of rotatable bonds is 7. The first-order valence-corrected chi connectivity index (χ1v) is 15.0. The highest BCUT2D eigenvalue weighted by atomic mass is 35.5. The van der Waals surface area contributed by atoms with Gasteiger partial charge < -0.3 is 4.43 Å². The van der Waals surface area contributed by atoms with Gasteiger partial charge >= 0.3 is 0 Å². The molecule has 2 rings (SSSR count). The molecule has 0 spiro atoms. The lowest BCUT2D eigenvalue weighted by molar-refractivity contribution is 0.270. The molecule has 9 heteroatoms. The van der Waals surface area contributed by atoms with E-state index in [1.54, 1.807) is 37.3 Å². The predicted molar refractivity (Wildman–Crippen MR) is 130 cm³/mol. The fraction of sp³-hybridized carbons (Fsp3) is 0.429. The van der Waals surface area contributed by atoms with Crippen LogP contribution < -0.4 is 4.31 Å². The average Bonchev–Trinajstić information content (AvgIpc) is 2.62. The molecular weight excluding hydrogens is 481 g/mol.